The second kappa shape index (κ2) is 4.63. The molecule has 0 atom stereocenters. The lowest BCUT2D eigenvalue weighted by Gasteiger charge is -2.02. The summed E-state index contributed by atoms with van der Waals surface area (Å²) in [6, 6.07) is 3.27. The van der Waals surface area contributed by atoms with Gasteiger partial charge in [-0.05, 0) is 30.8 Å². The van der Waals surface area contributed by atoms with E-state index in [1.54, 1.807) is 25.3 Å². The zero-order chi connectivity index (χ0) is 11.5. The Kier molecular flexibility index (Phi) is 3.21. The molecule has 2 aromatic rings. The third-order valence-electron chi connectivity index (χ3n) is 1.89. The van der Waals surface area contributed by atoms with Gasteiger partial charge in [0.2, 0.25) is 0 Å². The van der Waals surface area contributed by atoms with E-state index in [4.69, 9.17) is 5.11 Å². The Bertz CT molecular complexity index is 512. The van der Waals surface area contributed by atoms with E-state index in [0.717, 1.165) is 9.37 Å². The number of aromatic nitrogens is 2. The first-order valence-electron chi connectivity index (χ1n) is 4.45. The summed E-state index contributed by atoms with van der Waals surface area (Å²) in [4.78, 5) is 19.1. The van der Waals surface area contributed by atoms with Crippen LogP contribution in [0.2, 0.25) is 0 Å². The summed E-state index contributed by atoms with van der Waals surface area (Å²) in [7, 11) is 0. The summed E-state index contributed by atoms with van der Waals surface area (Å²) in [6.07, 6.45) is 1.73. The minimum absolute atomic E-state index is 0.239. The zero-order valence-electron chi connectivity index (χ0n) is 8.38. The van der Waals surface area contributed by atoms with Gasteiger partial charge < -0.3 is 5.11 Å². The third kappa shape index (κ3) is 2.40. The van der Waals surface area contributed by atoms with Gasteiger partial charge >= 0.3 is 5.97 Å². The van der Waals surface area contributed by atoms with Crippen LogP contribution < -0.4 is 0 Å². The average molecular weight is 252 g/mol. The van der Waals surface area contributed by atoms with Crippen LogP contribution in [-0.4, -0.2) is 21.0 Å². The van der Waals surface area contributed by atoms with Gasteiger partial charge in [-0.2, -0.15) is 0 Å². The molecule has 2 rings (SSSR count). The van der Waals surface area contributed by atoms with E-state index in [1.165, 1.54) is 23.1 Å². The molecule has 0 aromatic carbocycles. The molecule has 6 heteroatoms. The summed E-state index contributed by atoms with van der Waals surface area (Å²) in [5, 5.41) is 11.5. The highest BCUT2D eigenvalue weighted by Gasteiger charge is 2.09. The number of hydrogen-bond donors (Lipinski definition) is 1. The van der Waals surface area contributed by atoms with Crippen molar-refractivity contribution < 1.29 is 9.90 Å². The van der Waals surface area contributed by atoms with Crippen LogP contribution in [0.1, 0.15) is 16.1 Å². The van der Waals surface area contributed by atoms with Crippen LogP contribution in [-0.2, 0) is 0 Å². The van der Waals surface area contributed by atoms with Crippen LogP contribution in [0.15, 0.2) is 33.1 Å². The highest BCUT2D eigenvalue weighted by molar-refractivity contribution is 8.00. The largest absolute Gasteiger partial charge is 0.478 e. The highest BCUT2D eigenvalue weighted by Crippen LogP contribution is 2.28. The molecule has 4 nitrogen and oxygen atoms in total. The fourth-order valence-electron chi connectivity index (χ4n) is 1.17. The van der Waals surface area contributed by atoms with Gasteiger partial charge in [-0.15, -0.1) is 11.3 Å². The Balaban J connectivity index is 2.24. The number of thiazole rings is 1. The van der Waals surface area contributed by atoms with Crippen molar-refractivity contribution in [3.63, 3.8) is 0 Å². The fourth-order valence-corrected chi connectivity index (χ4v) is 2.76. The van der Waals surface area contributed by atoms with Crippen molar-refractivity contribution in [2.24, 2.45) is 0 Å². The van der Waals surface area contributed by atoms with Gasteiger partial charge in [-0.25, -0.2) is 14.8 Å². The molecule has 0 aliphatic heterocycles. The lowest BCUT2D eigenvalue weighted by Crippen LogP contribution is -2.01. The van der Waals surface area contributed by atoms with Crippen LogP contribution in [0.25, 0.3) is 0 Å². The number of rotatable bonds is 3. The minimum Gasteiger partial charge on any atom is -0.478 e. The molecule has 0 bridgehead atoms. The van der Waals surface area contributed by atoms with E-state index in [0.29, 0.717) is 5.69 Å². The lowest BCUT2D eigenvalue weighted by atomic mass is 10.2. The summed E-state index contributed by atoms with van der Waals surface area (Å²) in [5.41, 5.74) is 0.762. The van der Waals surface area contributed by atoms with E-state index < -0.39 is 5.97 Å². The van der Waals surface area contributed by atoms with Crippen molar-refractivity contribution in [3.8, 4) is 0 Å². The molecule has 0 spiro atoms. The van der Waals surface area contributed by atoms with Gasteiger partial charge in [0.05, 0.1) is 11.3 Å². The lowest BCUT2D eigenvalue weighted by molar-refractivity contribution is 0.0695. The standard InChI is InChI=1S/C10H8N2O2S2/c1-6-7(9(13)14)2-3-8(12-6)16-10-11-4-5-15-10/h2-5H,1H3,(H,13,14). The van der Waals surface area contributed by atoms with Crippen molar-refractivity contribution in [3.05, 3.63) is 35.0 Å². The monoisotopic (exact) mass is 252 g/mol. The average Bonchev–Trinajstić information content (AvgIpc) is 2.70. The van der Waals surface area contributed by atoms with Crippen LogP contribution in [0.5, 0.6) is 0 Å². The normalized spacial score (nSPS) is 10.3. The Morgan fingerprint density at radius 2 is 2.31 bits per heavy atom. The summed E-state index contributed by atoms with van der Waals surface area (Å²) in [5.74, 6) is -0.948. The van der Waals surface area contributed by atoms with E-state index in [1.807, 2.05) is 5.38 Å². The molecular formula is C10H8N2O2S2. The number of aryl methyl sites for hydroxylation is 1. The first kappa shape index (κ1) is 11.1. The number of nitrogens with zero attached hydrogens (tertiary/aromatic N) is 2. The Morgan fingerprint density at radius 1 is 1.50 bits per heavy atom. The number of carbonyl (C=O) groups is 1. The quantitative estimate of drug-likeness (QED) is 0.910. The van der Waals surface area contributed by atoms with Crippen molar-refractivity contribution in [1.82, 2.24) is 9.97 Å². The van der Waals surface area contributed by atoms with E-state index in [9.17, 15) is 4.79 Å². The van der Waals surface area contributed by atoms with Crippen molar-refractivity contribution in [2.75, 3.05) is 0 Å². The second-order valence-corrected chi connectivity index (χ2v) is 5.15. The topological polar surface area (TPSA) is 63.1 Å². The maximum absolute atomic E-state index is 10.8. The minimum atomic E-state index is -0.948. The molecule has 2 heterocycles. The van der Waals surface area contributed by atoms with Crippen LogP contribution >= 0.6 is 23.1 Å². The molecule has 0 radical (unpaired) electrons. The van der Waals surface area contributed by atoms with Crippen molar-refractivity contribution >= 4 is 29.1 Å². The second-order valence-electron chi connectivity index (χ2n) is 2.99. The highest BCUT2D eigenvalue weighted by atomic mass is 32.2. The molecule has 2 aromatic heterocycles. The van der Waals surface area contributed by atoms with Gasteiger partial charge in [-0.3, -0.25) is 0 Å². The molecule has 0 unspecified atom stereocenters. The van der Waals surface area contributed by atoms with Gasteiger partial charge in [-0.1, -0.05) is 0 Å². The first-order chi connectivity index (χ1) is 7.66. The molecule has 0 amide bonds. The Morgan fingerprint density at radius 3 is 2.88 bits per heavy atom. The number of hydrogen-bond acceptors (Lipinski definition) is 5. The van der Waals surface area contributed by atoms with Crippen LogP contribution in [0.4, 0.5) is 0 Å². The molecule has 0 saturated carbocycles. The summed E-state index contributed by atoms with van der Waals surface area (Å²) in [6.45, 7) is 1.69. The van der Waals surface area contributed by atoms with Gasteiger partial charge in [0.15, 0.2) is 4.34 Å². The predicted octanol–water partition coefficient (Wildman–Crippen LogP) is 2.70. The number of carboxylic acid groups (broad SMARTS) is 1. The smallest absolute Gasteiger partial charge is 0.337 e. The van der Waals surface area contributed by atoms with Crippen molar-refractivity contribution in [1.29, 1.82) is 0 Å². The van der Waals surface area contributed by atoms with E-state index in [2.05, 4.69) is 9.97 Å². The summed E-state index contributed by atoms with van der Waals surface area (Å²) < 4.78 is 0.898. The first-order valence-corrected chi connectivity index (χ1v) is 6.14. The molecule has 0 aliphatic rings. The fraction of sp³-hybridized carbons (Fsp3) is 0.100. The predicted molar refractivity (Wildman–Crippen MR) is 62.2 cm³/mol. The maximum atomic E-state index is 10.8. The Hall–Kier alpha value is -1.40. The number of aromatic carboxylic acids is 1. The number of pyridine rings is 1. The van der Waals surface area contributed by atoms with Gasteiger partial charge in [0, 0.05) is 11.6 Å². The molecule has 0 aliphatic carbocycles. The molecule has 16 heavy (non-hydrogen) atoms. The molecule has 82 valence electrons. The summed E-state index contributed by atoms with van der Waals surface area (Å²) >= 11 is 2.96. The van der Waals surface area contributed by atoms with Crippen LogP contribution in [0, 0.1) is 6.92 Å². The molecule has 0 fully saturated rings. The maximum Gasteiger partial charge on any atom is 0.337 e. The van der Waals surface area contributed by atoms with Crippen molar-refractivity contribution in [2.45, 2.75) is 16.3 Å². The van der Waals surface area contributed by atoms with Gasteiger partial charge in [0.25, 0.3) is 0 Å². The SMILES string of the molecule is Cc1nc(Sc2nccs2)ccc1C(=O)O. The van der Waals surface area contributed by atoms with Gasteiger partial charge in [0.1, 0.15) is 5.03 Å². The number of carboxylic acids is 1. The molecule has 0 saturated heterocycles. The van der Waals surface area contributed by atoms with E-state index >= 15 is 0 Å². The Labute approximate surface area is 100 Å². The third-order valence-corrected chi connectivity index (χ3v) is 3.71. The zero-order valence-corrected chi connectivity index (χ0v) is 10.0. The van der Waals surface area contributed by atoms with Crippen LogP contribution in [0.3, 0.4) is 0 Å². The van der Waals surface area contributed by atoms with E-state index in [-0.39, 0.29) is 5.56 Å². The molecular weight excluding hydrogens is 244 g/mol. The molecule has 1 N–H and O–H groups in total.